The van der Waals surface area contributed by atoms with Gasteiger partial charge in [-0.2, -0.15) is 0 Å². The number of rotatable bonds is 6. The largest absolute Gasteiger partial charge is 0.348 e. The molecule has 2 rings (SSSR count). The lowest BCUT2D eigenvalue weighted by Gasteiger charge is -2.10. The van der Waals surface area contributed by atoms with Crippen LogP contribution in [0.5, 0.6) is 0 Å². The van der Waals surface area contributed by atoms with Gasteiger partial charge in [-0.05, 0) is 55.8 Å². The van der Waals surface area contributed by atoms with Crippen LogP contribution in [0.2, 0.25) is 10.0 Å². The third-order valence-corrected chi connectivity index (χ3v) is 5.53. The average Bonchev–Trinajstić information content (AvgIpc) is 2.52. The lowest BCUT2D eigenvalue weighted by molar-refractivity contribution is 0.0951. The number of sulfonamides is 1. The zero-order valence-electron chi connectivity index (χ0n) is 13.7. The van der Waals surface area contributed by atoms with Crippen molar-refractivity contribution in [1.29, 1.82) is 0 Å². The molecule has 2 aromatic carbocycles. The standard InChI is InChI=1S/C17H18Cl2N2O3S/c1-11(2)21-25(23,24)15-7-4-12(5-8-15)17(22)20-10-13-3-6-14(18)9-16(13)19/h3-9,11,21H,10H2,1-2H3,(H,20,22). The quantitative estimate of drug-likeness (QED) is 0.777. The number of hydrogen-bond donors (Lipinski definition) is 2. The van der Waals surface area contributed by atoms with Gasteiger partial charge < -0.3 is 5.32 Å². The Labute approximate surface area is 157 Å². The first-order valence-electron chi connectivity index (χ1n) is 7.53. The molecule has 0 radical (unpaired) electrons. The van der Waals surface area contributed by atoms with E-state index in [1.807, 2.05) is 0 Å². The van der Waals surface area contributed by atoms with Crippen LogP contribution < -0.4 is 10.0 Å². The van der Waals surface area contributed by atoms with Gasteiger partial charge in [-0.15, -0.1) is 0 Å². The second-order valence-electron chi connectivity index (χ2n) is 5.72. The molecule has 0 aliphatic heterocycles. The predicted octanol–water partition coefficient (Wildman–Crippen LogP) is 3.61. The molecule has 0 heterocycles. The second-order valence-corrected chi connectivity index (χ2v) is 8.28. The predicted molar refractivity (Wildman–Crippen MR) is 99.5 cm³/mol. The number of halogens is 2. The maximum Gasteiger partial charge on any atom is 0.251 e. The van der Waals surface area contributed by atoms with Gasteiger partial charge in [0.15, 0.2) is 0 Å². The summed E-state index contributed by atoms with van der Waals surface area (Å²) in [5, 5.41) is 3.72. The number of benzene rings is 2. The zero-order valence-corrected chi connectivity index (χ0v) is 16.0. The number of nitrogens with one attached hydrogen (secondary N) is 2. The Morgan fingerprint density at radius 1 is 1.08 bits per heavy atom. The van der Waals surface area contributed by atoms with Crippen molar-refractivity contribution in [3.8, 4) is 0 Å². The summed E-state index contributed by atoms with van der Waals surface area (Å²) in [5.74, 6) is -0.327. The molecule has 25 heavy (non-hydrogen) atoms. The molecule has 0 bridgehead atoms. The number of amides is 1. The van der Waals surface area contributed by atoms with Crippen molar-refractivity contribution < 1.29 is 13.2 Å². The van der Waals surface area contributed by atoms with Crippen molar-refractivity contribution in [2.24, 2.45) is 0 Å². The number of carbonyl (C=O) groups is 1. The Bertz CT molecular complexity index is 866. The zero-order chi connectivity index (χ0) is 18.6. The molecule has 0 aliphatic rings. The Morgan fingerprint density at radius 3 is 2.28 bits per heavy atom. The molecule has 2 aromatic rings. The Balaban J connectivity index is 2.05. The molecule has 0 unspecified atom stereocenters. The molecule has 0 atom stereocenters. The van der Waals surface area contributed by atoms with Gasteiger partial charge in [-0.3, -0.25) is 4.79 Å². The van der Waals surface area contributed by atoms with Crippen LogP contribution in [0.1, 0.15) is 29.8 Å². The van der Waals surface area contributed by atoms with Gasteiger partial charge in [0.1, 0.15) is 0 Å². The van der Waals surface area contributed by atoms with Crippen LogP contribution in [0.15, 0.2) is 47.4 Å². The molecule has 134 valence electrons. The van der Waals surface area contributed by atoms with E-state index in [9.17, 15) is 13.2 Å². The third-order valence-electron chi connectivity index (χ3n) is 3.27. The monoisotopic (exact) mass is 400 g/mol. The highest BCUT2D eigenvalue weighted by Crippen LogP contribution is 2.21. The molecular weight excluding hydrogens is 383 g/mol. The van der Waals surface area contributed by atoms with E-state index in [1.165, 1.54) is 24.3 Å². The lowest BCUT2D eigenvalue weighted by atomic mass is 10.2. The van der Waals surface area contributed by atoms with E-state index >= 15 is 0 Å². The van der Waals surface area contributed by atoms with E-state index in [2.05, 4.69) is 10.0 Å². The fraction of sp³-hybridized carbons (Fsp3) is 0.235. The van der Waals surface area contributed by atoms with Gasteiger partial charge in [0.05, 0.1) is 4.90 Å². The minimum atomic E-state index is -3.58. The van der Waals surface area contributed by atoms with Crippen LogP contribution in [0.3, 0.4) is 0 Å². The molecule has 0 spiro atoms. The van der Waals surface area contributed by atoms with E-state index in [0.717, 1.165) is 5.56 Å². The first-order valence-corrected chi connectivity index (χ1v) is 9.77. The Hall–Kier alpha value is -1.60. The second kappa shape index (κ2) is 8.19. The topological polar surface area (TPSA) is 75.3 Å². The minimum Gasteiger partial charge on any atom is -0.348 e. The van der Waals surface area contributed by atoms with Crippen LogP contribution >= 0.6 is 23.2 Å². The average molecular weight is 401 g/mol. The first kappa shape index (κ1) is 19.7. The summed E-state index contributed by atoms with van der Waals surface area (Å²) in [7, 11) is -3.58. The molecular formula is C17H18Cl2N2O3S. The van der Waals surface area contributed by atoms with Gasteiger partial charge in [0.25, 0.3) is 5.91 Å². The highest BCUT2D eigenvalue weighted by atomic mass is 35.5. The van der Waals surface area contributed by atoms with Gasteiger partial charge in [-0.25, -0.2) is 13.1 Å². The van der Waals surface area contributed by atoms with Crippen LogP contribution in [-0.2, 0) is 16.6 Å². The van der Waals surface area contributed by atoms with Crippen LogP contribution in [0.25, 0.3) is 0 Å². The van der Waals surface area contributed by atoms with Gasteiger partial charge in [0, 0.05) is 28.2 Å². The maximum absolute atomic E-state index is 12.2. The fourth-order valence-corrected chi connectivity index (χ4v) is 3.83. The van der Waals surface area contributed by atoms with Gasteiger partial charge in [-0.1, -0.05) is 29.3 Å². The van der Waals surface area contributed by atoms with Gasteiger partial charge in [0.2, 0.25) is 10.0 Å². The summed E-state index contributed by atoms with van der Waals surface area (Å²) in [5.41, 5.74) is 1.09. The fourth-order valence-electron chi connectivity index (χ4n) is 2.11. The van der Waals surface area contributed by atoms with Crippen molar-refractivity contribution >= 4 is 39.1 Å². The summed E-state index contributed by atoms with van der Waals surface area (Å²) < 4.78 is 26.6. The summed E-state index contributed by atoms with van der Waals surface area (Å²) in [6, 6.07) is 10.5. The van der Waals surface area contributed by atoms with Gasteiger partial charge >= 0.3 is 0 Å². The first-order chi connectivity index (χ1) is 11.7. The molecule has 2 N–H and O–H groups in total. The van der Waals surface area contributed by atoms with Crippen molar-refractivity contribution in [1.82, 2.24) is 10.0 Å². The van der Waals surface area contributed by atoms with E-state index in [4.69, 9.17) is 23.2 Å². The SMILES string of the molecule is CC(C)NS(=O)(=O)c1ccc(C(=O)NCc2ccc(Cl)cc2Cl)cc1. The van der Waals surface area contributed by atoms with E-state index in [-0.39, 0.29) is 23.4 Å². The molecule has 0 aliphatic carbocycles. The summed E-state index contributed by atoms with van der Waals surface area (Å²) in [6.07, 6.45) is 0. The van der Waals surface area contributed by atoms with Crippen LogP contribution in [0.4, 0.5) is 0 Å². The Kier molecular flexibility index (Phi) is 6.46. The normalized spacial score (nSPS) is 11.6. The van der Waals surface area contributed by atoms with Crippen molar-refractivity contribution in [2.45, 2.75) is 31.3 Å². The summed E-state index contributed by atoms with van der Waals surface area (Å²) in [4.78, 5) is 12.3. The smallest absolute Gasteiger partial charge is 0.251 e. The van der Waals surface area contributed by atoms with E-state index in [1.54, 1.807) is 32.0 Å². The molecule has 5 nitrogen and oxygen atoms in total. The van der Waals surface area contributed by atoms with Crippen LogP contribution in [-0.4, -0.2) is 20.4 Å². The minimum absolute atomic E-state index is 0.110. The Morgan fingerprint density at radius 2 is 1.72 bits per heavy atom. The highest BCUT2D eigenvalue weighted by Gasteiger charge is 2.16. The molecule has 0 saturated carbocycles. The lowest BCUT2D eigenvalue weighted by Crippen LogP contribution is -2.30. The highest BCUT2D eigenvalue weighted by molar-refractivity contribution is 7.89. The van der Waals surface area contributed by atoms with E-state index < -0.39 is 10.0 Å². The van der Waals surface area contributed by atoms with E-state index in [0.29, 0.717) is 15.6 Å². The molecule has 0 saturated heterocycles. The number of hydrogen-bond acceptors (Lipinski definition) is 3. The molecule has 1 amide bonds. The maximum atomic E-state index is 12.2. The third kappa shape index (κ3) is 5.44. The molecule has 8 heteroatoms. The molecule has 0 aromatic heterocycles. The number of carbonyl (C=O) groups excluding carboxylic acids is 1. The summed E-state index contributed by atoms with van der Waals surface area (Å²) in [6.45, 7) is 3.71. The molecule has 0 fully saturated rings. The van der Waals surface area contributed by atoms with Crippen LogP contribution in [0, 0.1) is 0 Å². The van der Waals surface area contributed by atoms with Crippen molar-refractivity contribution in [3.05, 3.63) is 63.6 Å². The van der Waals surface area contributed by atoms with Crippen molar-refractivity contribution in [3.63, 3.8) is 0 Å². The van der Waals surface area contributed by atoms with Crippen molar-refractivity contribution in [2.75, 3.05) is 0 Å². The summed E-state index contributed by atoms with van der Waals surface area (Å²) >= 11 is 11.9.